The summed E-state index contributed by atoms with van der Waals surface area (Å²) in [4.78, 5) is 18.2. The van der Waals surface area contributed by atoms with Gasteiger partial charge in [0.2, 0.25) is 5.91 Å². The van der Waals surface area contributed by atoms with Gasteiger partial charge in [0, 0.05) is 37.9 Å². The normalized spacial score (nSPS) is 27.8. The topological polar surface area (TPSA) is 44.8 Å². The van der Waals surface area contributed by atoms with Gasteiger partial charge in [-0.25, -0.2) is 0 Å². The Bertz CT molecular complexity index is 700. The second kappa shape index (κ2) is 9.37. The summed E-state index contributed by atoms with van der Waals surface area (Å²) in [6.07, 6.45) is 9.08. The number of nitrogens with one attached hydrogen (secondary N) is 1. The van der Waals surface area contributed by atoms with Crippen molar-refractivity contribution in [2.75, 3.05) is 39.4 Å². The van der Waals surface area contributed by atoms with E-state index in [0.717, 1.165) is 45.4 Å². The number of carbonyl (C=O) groups is 1. The highest BCUT2D eigenvalue weighted by atomic mass is 16.5. The van der Waals surface area contributed by atoms with Gasteiger partial charge < -0.3 is 10.1 Å². The fraction of sp³-hybridized carbons (Fsp3) is 0.720. The van der Waals surface area contributed by atoms with Crippen LogP contribution in [0.25, 0.3) is 0 Å². The summed E-state index contributed by atoms with van der Waals surface area (Å²) in [5, 5.41) is 3.31. The molecule has 3 saturated heterocycles. The van der Waals surface area contributed by atoms with E-state index < -0.39 is 0 Å². The Morgan fingerprint density at radius 3 is 2.27 bits per heavy atom. The van der Waals surface area contributed by atoms with Crippen molar-refractivity contribution in [3.05, 3.63) is 35.4 Å². The maximum absolute atomic E-state index is 12.8. The number of nitrogens with zero attached hydrogens (tertiary/aromatic N) is 2. The number of benzene rings is 1. The SMILES string of the molecule is O=C(NC1CCOCC1)[C@@H]1CCCN(C2CCN(C3Cc4ccccc4C3)CC2)C1. The lowest BCUT2D eigenvalue weighted by atomic mass is 9.92. The van der Waals surface area contributed by atoms with Crippen molar-refractivity contribution in [2.45, 2.75) is 69.5 Å². The number of likely N-dealkylation sites (tertiary alicyclic amines) is 2. The minimum atomic E-state index is 0.170. The molecule has 0 saturated carbocycles. The molecule has 1 N–H and O–H groups in total. The van der Waals surface area contributed by atoms with Crippen molar-refractivity contribution in [2.24, 2.45) is 5.92 Å². The van der Waals surface area contributed by atoms with Gasteiger partial charge in [-0.3, -0.25) is 14.6 Å². The number of carbonyl (C=O) groups excluding carboxylic acids is 1. The largest absolute Gasteiger partial charge is 0.381 e. The molecule has 5 nitrogen and oxygen atoms in total. The Morgan fingerprint density at radius 2 is 1.57 bits per heavy atom. The molecule has 1 aromatic carbocycles. The second-order valence-corrected chi connectivity index (χ2v) is 9.83. The van der Waals surface area contributed by atoms with Gasteiger partial charge in [0.25, 0.3) is 0 Å². The maximum Gasteiger partial charge on any atom is 0.224 e. The molecule has 5 rings (SSSR count). The van der Waals surface area contributed by atoms with Crippen LogP contribution in [0.4, 0.5) is 0 Å². The van der Waals surface area contributed by atoms with Crippen molar-refractivity contribution >= 4 is 5.91 Å². The van der Waals surface area contributed by atoms with E-state index in [0.29, 0.717) is 18.1 Å². The number of hydrogen-bond donors (Lipinski definition) is 1. The van der Waals surface area contributed by atoms with Gasteiger partial charge in [-0.1, -0.05) is 24.3 Å². The molecular weight excluding hydrogens is 374 g/mol. The van der Waals surface area contributed by atoms with Gasteiger partial charge in [-0.15, -0.1) is 0 Å². The van der Waals surface area contributed by atoms with Crippen molar-refractivity contribution in [3.63, 3.8) is 0 Å². The van der Waals surface area contributed by atoms with Gasteiger partial charge in [-0.05, 0) is 82.1 Å². The number of hydrogen-bond acceptors (Lipinski definition) is 4. The summed E-state index contributed by atoms with van der Waals surface area (Å²) in [5.41, 5.74) is 3.11. The molecule has 0 unspecified atom stereocenters. The molecule has 1 atom stereocenters. The number of fused-ring (bicyclic) bond motifs is 1. The standard InChI is InChI=1S/C25H37N3O2/c29-25(26-22-9-14-30-15-10-22)21-6-3-11-28(18-21)23-7-12-27(13-8-23)24-16-19-4-1-2-5-20(19)17-24/h1-2,4-5,21-24H,3,6-18H2,(H,26,29)/t21-/m1/s1. The average Bonchev–Trinajstić information content (AvgIpc) is 3.24. The Kier molecular flexibility index (Phi) is 6.40. The highest BCUT2D eigenvalue weighted by molar-refractivity contribution is 5.79. The number of ether oxygens (including phenoxy) is 1. The number of rotatable bonds is 4. The minimum Gasteiger partial charge on any atom is -0.381 e. The van der Waals surface area contributed by atoms with Crippen LogP contribution in [0.15, 0.2) is 24.3 Å². The zero-order valence-electron chi connectivity index (χ0n) is 18.2. The molecule has 0 bridgehead atoms. The summed E-state index contributed by atoms with van der Waals surface area (Å²) in [7, 11) is 0. The third kappa shape index (κ3) is 4.58. The lowest BCUT2D eigenvalue weighted by Crippen LogP contribution is -2.53. The third-order valence-electron chi connectivity index (χ3n) is 7.95. The lowest BCUT2D eigenvalue weighted by molar-refractivity contribution is -0.128. The molecular formula is C25H37N3O2. The molecule has 0 spiro atoms. The first-order chi connectivity index (χ1) is 14.8. The van der Waals surface area contributed by atoms with E-state index in [-0.39, 0.29) is 11.8 Å². The van der Waals surface area contributed by atoms with Crippen LogP contribution >= 0.6 is 0 Å². The minimum absolute atomic E-state index is 0.170. The Balaban J connectivity index is 1.10. The van der Waals surface area contributed by atoms with Crippen molar-refractivity contribution in [1.82, 2.24) is 15.1 Å². The highest BCUT2D eigenvalue weighted by Gasteiger charge is 2.35. The molecule has 4 aliphatic rings. The highest BCUT2D eigenvalue weighted by Crippen LogP contribution is 2.30. The van der Waals surface area contributed by atoms with Crippen LogP contribution in [-0.4, -0.2) is 73.2 Å². The smallest absolute Gasteiger partial charge is 0.224 e. The maximum atomic E-state index is 12.8. The Hall–Kier alpha value is -1.43. The van der Waals surface area contributed by atoms with Crippen molar-refractivity contribution < 1.29 is 9.53 Å². The van der Waals surface area contributed by atoms with Crippen LogP contribution in [0.2, 0.25) is 0 Å². The van der Waals surface area contributed by atoms with Crippen LogP contribution in [0.1, 0.15) is 49.7 Å². The first kappa shape index (κ1) is 20.5. The van der Waals surface area contributed by atoms with Gasteiger partial charge >= 0.3 is 0 Å². The summed E-state index contributed by atoms with van der Waals surface area (Å²) < 4.78 is 5.42. The monoisotopic (exact) mass is 411 g/mol. The summed E-state index contributed by atoms with van der Waals surface area (Å²) in [6.45, 7) is 6.10. The molecule has 0 radical (unpaired) electrons. The third-order valence-corrected chi connectivity index (χ3v) is 7.95. The summed E-state index contributed by atoms with van der Waals surface area (Å²) in [6, 6.07) is 10.6. The number of piperidine rings is 2. The number of amides is 1. The van der Waals surface area contributed by atoms with Gasteiger partial charge in [-0.2, -0.15) is 0 Å². The second-order valence-electron chi connectivity index (χ2n) is 9.83. The van der Waals surface area contributed by atoms with Gasteiger partial charge in [0.05, 0.1) is 5.92 Å². The molecule has 3 fully saturated rings. The first-order valence-corrected chi connectivity index (χ1v) is 12.2. The molecule has 0 aromatic heterocycles. The molecule has 1 amide bonds. The summed E-state index contributed by atoms with van der Waals surface area (Å²) in [5.74, 6) is 0.455. The Morgan fingerprint density at radius 1 is 0.867 bits per heavy atom. The zero-order chi connectivity index (χ0) is 20.3. The molecule has 3 heterocycles. The van der Waals surface area contributed by atoms with Crippen LogP contribution < -0.4 is 5.32 Å². The zero-order valence-corrected chi connectivity index (χ0v) is 18.2. The molecule has 30 heavy (non-hydrogen) atoms. The van der Waals surface area contributed by atoms with E-state index in [1.165, 1.54) is 45.3 Å². The van der Waals surface area contributed by atoms with E-state index in [2.05, 4.69) is 39.4 Å². The van der Waals surface area contributed by atoms with Gasteiger partial charge in [0.1, 0.15) is 0 Å². The van der Waals surface area contributed by atoms with E-state index in [1.807, 2.05) is 0 Å². The first-order valence-electron chi connectivity index (χ1n) is 12.2. The predicted molar refractivity (Wildman–Crippen MR) is 119 cm³/mol. The molecule has 3 aliphatic heterocycles. The van der Waals surface area contributed by atoms with Crippen molar-refractivity contribution in [3.8, 4) is 0 Å². The Labute approximate surface area is 181 Å². The predicted octanol–water partition coefficient (Wildman–Crippen LogP) is 2.63. The van der Waals surface area contributed by atoms with Gasteiger partial charge in [0.15, 0.2) is 0 Å². The molecule has 1 aliphatic carbocycles. The molecule has 1 aromatic rings. The van der Waals surface area contributed by atoms with Crippen LogP contribution in [0, 0.1) is 5.92 Å². The average molecular weight is 412 g/mol. The quantitative estimate of drug-likeness (QED) is 0.827. The van der Waals surface area contributed by atoms with E-state index in [1.54, 1.807) is 11.1 Å². The summed E-state index contributed by atoms with van der Waals surface area (Å²) >= 11 is 0. The fourth-order valence-corrected chi connectivity index (χ4v) is 6.12. The van der Waals surface area contributed by atoms with E-state index in [4.69, 9.17) is 4.74 Å². The van der Waals surface area contributed by atoms with E-state index in [9.17, 15) is 4.79 Å². The van der Waals surface area contributed by atoms with Crippen molar-refractivity contribution in [1.29, 1.82) is 0 Å². The fourth-order valence-electron chi connectivity index (χ4n) is 6.12. The van der Waals surface area contributed by atoms with Crippen LogP contribution in [0.5, 0.6) is 0 Å². The lowest BCUT2D eigenvalue weighted by Gasteiger charge is -2.43. The molecule has 164 valence electrons. The molecule has 5 heteroatoms. The van der Waals surface area contributed by atoms with Crippen LogP contribution in [0.3, 0.4) is 0 Å². The van der Waals surface area contributed by atoms with E-state index >= 15 is 0 Å². The van der Waals surface area contributed by atoms with Crippen LogP contribution in [-0.2, 0) is 22.4 Å².